The second kappa shape index (κ2) is 8.58. The Labute approximate surface area is 204 Å². The normalized spacial score (nSPS) is 17.2. The number of fused-ring (bicyclic) bond motifs is 3. The molecule has 1 aliphatic heterocycles. The van der Waals surface area contributed by atoms with Gasteiger partial charge >= 0.3 is 0 Å². The number of amides is 2. The van der Waals surface area contributed by atoms with Crippen molar-refractivity contribution in [3.63, 3.8) is 0 Å². The maximum atomic E-state index is 13.7. The number of anilines is 1. The van der Waals surface area contributed by atoms with Gasteiger partial charge in [-0.15, -0.1) is 11.3 Å². The molecule has 0 spiro atoms. The molecule has 1 atom stereocenters. The Morgan fingerprint density at radius 3 is 2.29 bits per heavy atom. The summed E-state index contributed by atoms with van der Waals surface area (Å²) in [6.45, 7) is 6.86. The Morgan fingerprint density at radius 1 is 1.09 bits per heavy atom. The molecule has 1 aromatic heterocycles. The predicted octanol–water partition coefficient (Wildman–Crippen LogP) is 6.26. The third-order valence-electron chi connectivity index (χ3n) is 7.71. The van der Waals surface area contributed by atoms with Crippen LogP contribution in [0, 0.1) is 11.3 Å². The summed E-state index contributed by atoms with van der Waals surface area (Å²) < 4.78 is 6.04. The van der Waals surface area contributed by atoms with Crippen molar-refractivity contribution in [2.45, 2.75) is 52.4 Å². The van der Waals surface area contributed by atoms with Gasteiger partial charge in [0.05, 0.1) is 11.5 Å². The zero-order chi connectivity index (χ0) is 24.0. The number of thiophene rings is 1. The lowest BCUT2D eigenvalue weighted by atomic mass is 9.69. The molecule has 2 aliphatic rings. The van der Waals surface area contributed by atoms with Crippen LogP contribution in [-0.2, 0) is 17.6 Å². The van der Waals surface area contributed by atoms with Gasteiger partial charge in [0.2, 0.25) is 5.91 Å². The summed E-state index contributed by atoms with van der Waals surface area (Å²) >= 11 is 1.51. The summed E-state index contributed by atoms with van der Waals surface area (Å²) in [6, 6.07) is 15.2. The first-order valence-corrected chi connectivity index (χ1v) is 12.7. The van der Waals surface area contributed by atoms with Crippen LogP contribution in [0.4, 0.5) is 5.00 Å². The second-order valence-corrected chi connectivity index (χ2v) is 11.1. The number of benzene rings is 2. The number of hydrogen-bond donors (Lipinski definition) is 2. The number of nitrogens with one attached hydrogen (secondary N) is 1. The second-order valence-electron chi connectivity index (χ2n) is 9.95. The van der Waals surface area contributed by atoms with Crippen molar-refractivity contribution in [2.75, 3.05) is 5.32 Å². The lowest BCUT2D eigenvalue weighted by Gasteiger charge is -2.36. The van der Waals surface area contributed by atoms with Crippen molar-refractivity contribution in [3.8, 4) is 11.5 Å². The van der Waals surface area contributed by atoms with Crippen molar-refractivity contribution in [1.82, 2.24) is 0 Å². The third-order valence-corrected chi connectivity index (χ3v) is 8.88. The maximum absolute atomic E-state index is 13.7. The highest BCUT2D eigenvalue weighted by Gasteiger charge is 2.37. The molecule has 176 valence electrons. The first-order chi connectivity index (χ1) is 16.3. The Balaban J connectivity index is 1.51. The van der Waals surface area contributed by atoms with E-state index in [0.717, 1.165) is 42.4 Å². The van der Waals surface area contributed by atoms with Gasteiger partial charge in [0.1, 0.15) is 16.5 Å². The summed E-state index contributed by atoms with van der Waals surface area (Å²) in [5.74, 6) is 0.691. The number of ether oxygens (including phenoxy) is 1. The molecular weight excluding hydrogens is 444 g/mol. The van der Waals surface area contributed by atoms with Crippen molar-refractivity contribution >= 4 is 28.2 Å². The lowest BCUT2D eigenvalue weighted by molar-refractivity contribution is -0.116. The van der Waals surface area contributed by atoms with Gasteiger partial charge in [-0.3, -0.25) is 9.59 Å². The van der Waals surface area contributed by atoms with E-state index in [0.29, 0.717) is 28.0 Å². The Bertz CT molecular complexity index is 1230. The Kier molecular flexibility index (Phi) is 5.72. The van der Waals surface area contributed by atoms with Crippen LogP contribution in [-0.4, -0.2) is 11.8 Å². The fourth-order valence-corrected chi connectivity index (χ4v) is 6.60. The van der Waals surface area contributed by atoms with Gasteiger partial charge in [-0.25, -0.2) is 0 Å². The molecule has 5 rings (SSSR count). The van der Waals surface area contributed by atoms with E-state index in [1.807, 2.05) is 48.5 Å². The quantitative estimate of drug-likeness (QED) is 0.458. The lowest BCUT2D eigenvalue weighted by Crippen LogP contribution is -2.29. The number of carbonyl (C=O) groups is 2. The maximum Gasteiger partial charge on any atom is 0.251 e. The van der Waals surface area contributed by atoms with E-state index in [9.17, 15) is 9.59 Å². The molecule has 0 saturated heterocycles. The number of rotatable bonds is 5. The third kappa shape index (κ3) is 3.80. The van der Waals surface area contributed by atoms with E-state index in [-0.39, 0.29) is 11.3 Å². The minimum absolute atomic E-state index is 0.185. The fraction of sp³-hybridized carbons (Fsp3) is 0.357. The van der Waals surface area contributed by atoms with E-state index in [1.165, 1.54) is 16.2 Å². The van der Waals surface area contributed by atoms with E-state index in [1.54, 1.807) is 0 Å². The predicted molar refractivity (Wildman–Crippen MR) is 136 cm³/mol. The minimum atomic E-state index is -0.534. The number of hydrogen-bond acceptors (Lipinski definition) is 4. The van der Waals surface area contributed by atoms with Gasteiger partial charge in [0, 0.05) is 16.0 Å². The molecule has 0 fully saturated rings. The number of para-hydroxylation sites is 2. The van der Waals surface area contributed by atoms with Crippen LogP contribution >= 0.6 is 11.3 Å². The van der Waals surface area contributed by atoms with Crippen LogP contribution in [0.3, 0.4) is 0 Å². The molecule has 3 N–H and O–H groups in total. The fourth-order valence-electron chi connectivity index (χ4n) is 5.27. The monoisotopic (exact) mass is 474 g/mol. The van der Waals surface area contributed by atoms with Gasteiger partial charge in [-0.05, 0) is 48.3 Å². The molecule has 3 aromatic rings. The van der Waals surface area contributed by atoms with Gasteiger partial charge in [0.25, 0.3) is 5.91 Å². The molecule has 0 radical (unpaired) electrons. The zero-order valence-electron chi connectivity index (χ0n) is 19.8. The van der Waals surface area contributed by atoms with Gasteiger partial charge in [0.15, 0.2) is 0 Å². The van der Waals surface area contributed by atoms with E-state index in [4.69, 9.17) is 10.5 Å². The van der Waals surface area contributed by atoms with E-state index in [2.05, 4.69) is 26.1 Å². The first-order valence-electron chi connectivity index (χ1n) is 11.9. The largest absolute Gasteiger partial charge is 0.457 e. The molecule has 0 bridgehead atoms. The van der Waals surface area contributed by atoms with Crippen LogP contribution in [0.5, 0.6) is 11.5 Å². The first kappa shape index (κ1) is 22.7. The number of nitrogens with two attached hydrogens (primary N) is 1. The van der Waals surface area contributed by atoms with Crippen LogP contribution in [0.15, 0.2) is 48.5 Å². The van der Waals surface area contributed by atoms with Crippen molar-refractivity contribution in [2.24, 2.45) is 17.1 Å². The average Bonchev–Trinajstić information content (AvgIpc) is 3.19. The molecule has 34 heavy (non-hydrogen) atoms. The molecule has 2 aromatic carbocycles. The smallest absolute Gasteiger partial charge is 0.251 e. The standard InChI is InChI=1S/C28H30N2O3S/c1-4-28(2,3)16-13-14-19-22(15-16)34-27(24(19)25(29)31)30-26(32)23-17-9-5-7-11-20(17)33-21-12-8-6-10-18(21)23/h5-12,16,23H,4,13-15H2,1-3H3,(H2,29,31)(H,30,32)/t16-/m1/s1. The highest BCUT2D eigenvalue weighted by molar-refractivity contribution is 7.17. The topological polar surface area (TPSA) is 81.4 Å². The molecule has 1 aliphatic carbocycles. The van der Waals surface area contributed by atoms with Crippen molar-refractivity contribution < 1.29 is 14.3 Å². The van der Waals surface area contributed by atoms with Gasteiger partial charge in [-0.2, -0.15) is 0 Å². The molecular formula is C28H30N2O3S. The van der Waals surface area contributed by atoms with Crippen LogP contribution in [0.1, 0.15) is 71.5 Å². The highest BCUT2D eigenvalue weighted by atomic mass is 32.1. The van der Waals surface area contributed by atoms with E-state index < -0.39 is 11.8 Å². The van der Waals surface area contributed by atoms with Crippen LogP contribution < -0.4 is 15.8 Å². The Hall–Kier alpha value is -3.12. The van der Waals surface area contributed by atoms with Gasteiger partial charge < -0.3 is 15.8 Å². The molecule has 6 heteroatoms. The molecule has 0 saturated carbocycles. The zero-order valence-corrected chi connectivity index (χ0v) is 20.6. The molecule has 2 amide bonds. The SMILES string of the molecule is CCC(C)(C)[C@@H]1CCc2c(sc(NC(=O)C3c4ccccc4Oc4ccccc43)c2C(N)=O)C1. The molecule has 2 heterocycles. The summed E-state index contributed by atoms with van der Waals surface area (Å²) in [6.07, 6.45) is 3.86. The van der Waals surface area contributed by atoms with Crippen molar-refractivity contribution in [1.29, 1.82) is 0 Å². The van der Waals surface area contributed by atoms with Crippen LogP contribution in [0.2, 0.25) is 0 Å². The molecule has 5 nitrogen and oxygen atoms in total. The summed E-state index contributed by atoms with van der Waals surface area (Å²) in [4.78, 5) is 27.4. The van der Waals surface area contributed by atoms with Crippen LogP contribution in [0.25, 0.3) is 0 Å². The van der Waals surface area contributed by atoms with Crippen molar-refractivity contribution in [3.05, 3.63) is 75.7 Å². The summed E-state index contributed by atoms with van der Waals surface area (Å²) in [5.41, 5.74) is 9.18. The minimum Gasteiger partial charge on any atom is -0.457 e. The Morgan fingerprint density at radius 2 is 1.71 bits per heavy atom. The summed E-state index contributed by atoms with van der Waals surface area (Å²) in [7, 11) is 0. The average molecular weight is 475 g/mol. The summed E-state index contributed by atoms with van der Waals surface area (Å²) in [5, 5.41) is 3.66. The van der Waals surface area contributed by atoms with E-state index >= 15 is 0 Å². The number of primary amides is 1. The number of carbonyl (C=O) groups excluding carboxylic acids is 2. The van der Waals surface area contributed by atoms with Gasteiger partial charge in [-0.1, -0.05) is 63.6 Å². The highest BCUT2D eigenvalue weighted by Crippen LogP contribution is 2.47. The molecule has 0 unspecified atom stereocenters.